The minimum absolute atomic E-state index is 0.00470. The Kier molecular flexibility index (Phi) is 8.14. The van der Waals surface area contributed by atoms with E-state index in [2.05, 4.69) is 0 Å². The number of phenolic OH excluding ortho intramolecular Hbond substituents is 1. The predicted molar refractivity (Wildman–Crippen MR) is 147 cm³/mol. The molecule has 204 valence electrons. The molecular formula is C31H33NO7. The molecule has 2 N–H and O–H groups in total. The number of benzene rings is 3. The summed E-state index contributed by atoms with van der Waals surface area (Å²) in [4.78, 5) is 28.1. The summed E-state index contributed by atoms with van der Waals surface area (Å²) in [6, 6.07) is 16.1. The lowest BCUT2D eigenvalue weighted by Crippen LogP contribution is -2.31. The number of hydrogen-bond acceptors (Lipinski definition) is 7. The Hall–Kier alpha value is -4.46. The summed E-state index contributed by atoms with van der Waals surface area (Å²) in [6.45, 7) is 5.92. The van der Waals surface area contributed by atoms with Crippen molar-refractivity contribution in [1.29, 1.82) is 0 Å². The highest BCUT2D eigenvalue weighted by atomic mass is 16.5. The van der Waals surface area contributed by atoms with Crippen LogP contribution in [0, 0.1) is 6.92 Å². The van der Waals surface area contributed by atoms with Crippen molar-refractivity contribution in [3.8, 4) is 23.0 Å². The Morgan fingerprint density at radius 1 is 0.923 bits per heavy atom. The fraction of sp³-hybridized carbons (Fsp3) is 0.290. The maximum Gasteiger partial charge on any atom is 0.295 e. The number of ketones is 1. The summed E-state index contributed by atoms with van der Waals surface area (Å²) in [5.41, 5.74) is 2.67. The number of aryl methyl sites for hydroxylation is 1. The third kappa shape index (κ3) is 5.70. The van der Waals surface area contributed by atoms with E-state index in [-0.39, 0.29) is 29.7 Å². The maximum absolute atomic E-state index is 13.4. The van der Waals surface area contributed by atoms with Gasteiger partial charge in [0, 0.05) is 12.1 Å². The van der Waals surface area contributed by atoms with Gasteiger partial charge in [0.1, 0.15) is 17.3 Å². The summed E-state index contributed by atoms with van der Waals surface area (Å²) < 4.78 is 16.5. The van der Waals surface area contributed by atoms with Crippen molar-refractivity contribution >= 4 is 17.4 Å². The molecule has 0 bridgehead atoms. The molecule has 1 heterocycles. The summed E-state index contributed by atoms with van der Waals surface area (Å²) in [5.74, 6) is 0.145. The predicted octanol–water partition coefficient (Wildman–Crippen LogP) is 5.17. The van der Waals surface area contributed by atoms with Crippen LogP contribution in [-0.4, -0.2) is 53.7 Å². The van der Waals surface area contributed by atoms with Crippen molar-refractivity contribution in [3.05, 3.63) is 88.5 Å². The molecule has 39 heavy (non-hydrogen) atoms. The molecule has 1 aliphatic heterocycles. The monoisotopic (exact) mass is 531 g/mol. The van der Waals surface area contributed by atoms with E-state index in [0.29, 0.717) is 34.8 Å². The van der Waals surface area contributed by atoms with Crippen LogP contribution < -0.4 is 14.2 Å². The summed E-state index contributed by atoms with van der Waals surface area (Å²) in [6.07, 6.45) is 0.413. The third-order valence-corrected chi connectivity index (χ3v) is 6.65. The minimum atomic E-state index is -0.836. The van der Waals surface area contributed by atoms with E-state index in [4.69, 9.17) is 14.2 Å². The number of likely N-dealkylation sites (tertiary alicyclic amines) is 1. The van der Waals surface area contributed by atoms with Gasteiger partial charge >= 0.3 is 0 Å². The van der Waals surface area contributed by atoms with Crippen molar-refractivity contribution < 1.29 is 34.0 Å². The molecule has 0 aliphatic carbocycles. The molecule has 3 aromatic carbocycles. The van der Waals surface area contributed by atoms with Crippen LogP contribution in [0.3, 0.4) is 0 Å². The number of ether oxygens (including phenoxy) is 3. The van der Waals surface area contributed by atoms with Crippen LogP contribution in [0.4, 0.5) is 0 Å². The zero-order chi connectivity index (χ0) is 28.3. The Balaban J connectivity index is 1.74. The van der Waals surface area contributed by atoms with E-state index in [1.54, 1.807) is 50.6 Å². The quantitative estimate of drug-likeness (QED) is 0.223. The van der Waals surface area contributed by atoms with Gasteiger partial charge in [-0.1, -0.05) is 18.2 Å². The first-order valence-corrected chi connectivity index (χ1v) is 12.7. The number of methoxy groups -OCH3 is 2. The molecule has 1 fully saturated rings. The van der Waals surface area contributed by atoms with Crippen molar-refractivity contribution in [3.63, 3.8) is 0 Å². The standard InChI is InChI=1S/C31H33NO7/c1-18(2)39-24-13-9-22(16-19(24)3)29(34)27-28(21-7-10-23(33)11-8-21)32(31(36)30(27)35)15-14-20-6-12-25(37-4)26(17-20)38-5/h6-13,16-18,28,33-34H,14-15H2,1-5H3/b29-27-. The number of rotatable bonds is 9. The number of Topliss-reactive ketones (excluding diaryl/α,β-unsaturated/α-hetero) is 1. The number of nitrogens with zero attached hydrogens (tertiary/aromatic N) is 1. The van der Waals surface area contributed by atoms with Crippen LogP contribution in [0.1, 0.15) is 42.1 Å². The summed E-state index contributed by atoms with van der Waals surface area (Å²) >= 11 is 0. The third-order valence-electron chi connectivity index (χ3n) is 6.65. The number of aliphatic hydroxyl groups is 1. The first kappa shape index (κ1) is 27.6. The van der Waals surface area contributed by atoms with Crippen molar-refractivity contribution in [2.45, 2.75) is 39.3 Å². The van der Waals surface area contributed by atoms with Crippen LogP contribution >= 0.6 is 0 Å². The highest BCUT2D eigenvalue weighted by Gasteiger charge is 2.45. The lowest BCUT2D eigenvalue weighted by atomic mass is 9.94. The van der Waals surface area contributed by atoms with Gasteiger partial charge in [0.15, 0.2) is 11.5 Å². The van der Waals surface area contributed by atoms with E-state index in [9.17, 15) is 19.8 Å². The Morgan fingerprint density at radius 3 is 2.21 bits per heavy atom. The average Bonchev–Trinajstić information content (AvgIpc) is 3.17. The highest BCUT2D eigenvalue weighted by molar-refractivity contribution is 6.46. The van der Waals surface area contributed by atoms with Crippen LogP contribution in [0.25, 0.3) is 5.76 Å². The zero-order valence-electron chi connectivity index (χ0n) is 22.7. The number of carbonyl (C=O) groups excluding carboxylic acids is 2. The number of aliphatic hydroxyl groups excluding tert-OH is 1. The average molecular weight is 532 g/mol. The molecule has 0 aromatic heterocycles. The lowest BCUT2D eigenvalue weighted by Gasteiger charge is -2.25. The van der Waals surface area contributed by atoms with Crippen molar-refractivity contribution in [2.75, 3.05) is 20.8 Å². The number of amides is 1. The molecule has 8 nitrogen and oxygen atoms in total. The van der Waals surface area contributed by atoms with Gasteiger partial charge in [-0.25, -0.2) is 0 Å². The molecule has 0 radical (unpaired) electrons. The molecule has 0 spiro atoms. The number of carbonyl (C=O) groups is 2. The highest BCUT2D eigenvalue weighted by Crippen LogP contribution is 2.40. The zero-order valence-corrected chi connectivity index (χ0v) is 22.7. The van der Waals surface area contributed by atoms with Gasteiger partial charge < -0.3 is 29.3 Å². The van der Waals surface area contributed by atoms with Gasteiger partial charge in [-0.2, -0.15) is 0 Å². The molecule has 4 rings (SSSR count). The first-order chi connectivity index (χ1) is 18.6. The molecule has 1 unspecified atom stereocenters. The molecule has 3 aromatic rings. The van der Waals surface area contributed by atoms with Crippen LogP contribution in [0.15, 0.2) is 66.2 Å². The van der Waals surface area contributed by atoms with E-state index >= 15 is 0 Å². The molecule has 0 saturated carbocycles. The van der Waals surface area contributed by atoms with Crippen LogP contribution in [-0.2, 0) is 16.0 Å². The first-order valence-electron chi connectivity index (χ1n) is 12.7. The molecule has 1 saturated heterocycles. The molecule has 1 amide bonds. The largest absolute Gasteiger partial charge is 0.508 e. The van der Waals surface area contributed by atoms with Crippen molar-refractivity contribution in [1.82, 2.24) is 4.90 Å². The topological polar surface area (TPSA) is 106 Å². The van der Waals surface area contributed by atoms with Gasteiger partial charge in [0.25, 0.3) is 11.7 Å². The molecule has 1 atom stereocenters. The van der Waals surface area contributed by atoms with Crippen LogP contribution in [0.2, 0.25) is 0 Å². The Labute approximate surface area is 228 Å². The SMILES string of the molecule is COc1ccc(CCN2C(=O)C(=O)/C(=C(\O)c3ccc(OC(C)C)c(C)c3)C2c2ccc(O)cc2)cc1OC. The normalized spacial score (nSPS) is 16.6. The Morgan fingerprint density at radius 2 is 1.59 bits per heavy atom. The number of hydrogen-bond donors (Lipinski definition) is 2. The van der Waals surface area contributed by atoms with E-state index in [1.165, 1.54) is 17.0 Å². The smallest absolute Gasteiger partial charge is 0.295 e. The fourth-order valence-electron chi connectivity index (χ4n) is 4.74. The molecular weight excluding hydrogens is 498 g/mol. The van der Waals surface area contributed by atoms with Crippen molar-refractivity contribution in [2.24, 2.45) is 0 Å². The number of aromatic hydroxyl groups is 1. The maximum atomic E-state index is 13.4. The van der Waals surface area contributed by atoms with Crippen LogP contribution in [0.5, 0.6) is 23.0 Å². The second-order valence-corrected chi connectivity index (χ2v) is 9.67. The second kappa shape index (κ2) is 11.5. The summed E-state index contributed by atoms with van der Waals surface area (Å²) in [7, 11) is 3.11. The van der Waals surface area contributed by atoms with Gasteiger partial charge in [-0.3, -0.25) is 9.59 Å². The Bertz CT molecular complexity index is 1410. The minimum Gasteiger partial charge on any atom is -0.508 e. The van der Waals surface area contributed by atoms with E-state index in [1.807, 2.05) is 32.9 Å². The summed E-state index contributed by atoms with van der Waals surface area (Å²) in [5, 5.41) is 21.2. The fourth-order valence-corrected chi connectivity index (χ4v) is 4.74. The lowest BCUT2D eigenvalue weighted by molar-refractivity contribution is -0.139. The van der Waals surface area contributed by atoms with Gasteiger partial charge in [-0.05, 0) is 86.3 Å². The molecule has 1 aliphatic rings. The van der Waals surface area contributed by atoms with E-state index in [0.717, 1.165) is 11.1 Å². The number of phenols is 1. The second-order valence-electron chi connectivity index (χ2n) is 9.67. The van der Waals surface area contributed by atoms with Gasteiger partial charge in [0.2, 0.25) is 0 Å². The van der Waals surface area contributed by atoms with Gasteiger partial charge in [0.05, 0.1) is 31.9 Å². The van der Waals surface area contributed by atoms with Gasteiger partial charge in [-0.15, -0.1) is 0 Å². The molecule has 8 heteroatoms. The van der Waals surface area contributed by atoms with E-state index < -0.39 is 17.7 Å².